The van der Waals surface area contributed by atoms with E-state index in [1.807, 2.05) is 0 Å². The molecule has 0 unspecified atom stereocenters. The first-order valence-electron chi connectivity index (χ1n) is 4.74. The summed E-state index contributed by atoms with van der Waals surface area (Å²) in [7, 11) is 0. The van der Waals surface area contributed by atoms with Crippen LogP contribution < -0.4 is 5.56 Å². The highest BCUT2D eigenvalue weighted by molar-refractivity contribution is 9.10. The Morgan fingerprint density at radius 1 is 1.47 bits per heavy atom. The molecule has 88 valence electrons. The van der Waals surface area contributed by atoms with Crippen LogP contribution in [0.1, 0.15) is 5.56 Å². The van der Waals surface area contributed by atoms with Crippen LogP contribution in [0.3, 0.4) is 0 Å². The van der Waals surface area contributed by atoms with Gasteiger partial charge in [-0.15, -0.1) is 0 Å². The zero-order valence-electron chi connectivity index (χ0n) is 8.79. The molecule has 0 radical (unpaired) electrons. The van der Waals surface area contributed by atoms with Gasteiger partial charge in [-0.2, -0.15) is 4.98 Å². The molecule has 1 aromatic heterocycles. The SMILES string of the molecule is Cc1c(O)nc(-c2cc(Br)ccc2Cl)[nH]c1=O. The molecule has 0 atom stereocenters. The predicted molar refractivity (Wildman–Crippen MR) is 69.4 cm³/mol. The van der Waals surface area contributed by atoms with E-state index in [2.05, 4.69) is 25.9 Å². The first-order valence-corrected chi connectivity index (χ1v) is 5.91. The summed E-state index contributed by atoms with van der Waals surface area (Å²) in [4.78, 5) is 18.0. The number of benzene rings is 1. The second-order valence-electron chi connectivity index (χ2n) is 3.49. The minimum Gasteiger partial charge on any atom is -0.493 e. The monoisotopic (exact) mass is 314 g/mol. The molecule has 0 aliphatic carbocycles. The molecule has 2 rings (SSSR count). The summed E-state index contributed by atoms with van der Waals surface area (Å²) in [5.74, 6) is -0.0517. The van der Waals surface area contributed by atoms with Crippen LogP contribution in [0.2, 0.25) is 5.02 Å². The van der Waals surface area contributed by atoms with Crippen molar-refractivity contribution < 1.29 is 5.11 Å². The molecule has 4 nitrogen and oxygen atoms in total. The molecule has 0 amide bonds. The highest BCUT2D eigenvalue weighted by Gasteiger charge is 2.11. The molecule has 0 saturated carbocycles. The lowest BCUT2D eigenvalue weighted by Crippen LogP contribution is -2.12. The fraction of sp³-hybridized carbons (Fsp3) is 0.0909. The summed E-state index contributed by atoms with van der Waals surface area (Å²) in [6.45, 7) is 1.49. The van der Waals surface area contributed by atoms with Crippen LogP contribution in [-0.4, -0.2) is 15.1 Å². The van der Waals surface area contributed by atoms with E-state index in [-0.39, 0.29) is 22.8 Å². The second-order valence-corrected chi connectivity index (χ2v) is 4.81. The Labute approximate surface area is 110 Å². The molecule has 0 fully saturated rings. The third kappa shape index (κ3) is 2.35. The number of aromatic nitrogens is 2. The van der Waals surface area contributed by atoms with E-state index < -0.39 is 0 Å². The summed E-state index contributed by atoms with van der Waals surface area (Å²) < 4.78 is 0.805. The van der Waals surface area contributed by atoms with Crippen LogP contribution in [0.4, 0.5) is 0 Å². The van der Waals surface area contributed by atoms with Gasteiger partial charge in [0, 0.05) is 10.0 Å². The van der Waals surface area contributed by atoms with E-state index in [4.69, 9.17) is 11.6 Å². The average molecular weight is 316 g/mol. The molecule has 6 heteroatoms. The third-order valence-electron chi connectivity index (χ3n) is 2.31. The maximum absolute atomic E-state index is 11.5. The minimum atomic E-state index is -0.386. The quantitative estimate of drug-likeness (QED) is 0.850. The first-order chi connectivity index (χ1) is 7.99. The fourth-order valence-electron chi connectivity index (χ4n) is 1.33. The second kappa shape index (κ2) is 4.50. The van der Waals surface area contributed by atoms with Gasteiger partial charge >= 0.3 is 0 Å². The van der Waals surface area contributed by atoms with Crippen LogP contribution in [0.15, 0.2) is 27.5 Å². The van der Waals surface area contributed by atoms with Crippen LogP contribution in [0, 0.1) is 6.92 Å². The lowest BCUT2D eigenvalue weighted by Gasteiger charge is -2.05. The standard InChI is InChI=1S/C11H8BrClN2O2/c1-5-10(16)14-9(15-11(5)17)7-4-6(12)2-3-8(7)13/h2-4H,1H3,(H2,14,15,16,17). The molecular weight excluding hydrogens is 307 g/mol. The van der Waals surface area contributed by atoms with Crippen molar-refractivity contribution in [2.45, 2.75) is 6.92 Å². The maximum Gasteiger partial charge on any atom is 0.257 e. The summed E-state index contributed by atoms with van der Waals surface area (Å²) in [5.41, 5.74) is 0.344. The van der Waals surface area contributed by atoms with Crippen LogP contribution in [0.25, 0.3) is 11.4 Å². The average Bonchev–Trinajstić information content (AvgIpc) is 2.28. The number of hydrogen-bond donors (Lipinski definition) is 2. The Bertz CT molecular complexity index is 640. The molecule has 0 saturated heterocycles. The molecule has 2 N–H and O–H groups in total. The number of nitrogens with zero attached hydrogens (tertiary/aromatic N) is 1. The molecule has 0 bridgehead atoms. The smallest absolute Gasteiger partial charge is 0.257 e. The molecule has 0 spiro atoms. The third-order valence-corrected chi connectivity index (χ3v) is 3.13. The lowest BCUT2D eigenvalue weighted by molar-refractivity contribution is 0.447. The molecule has 1 heterocycles. The lowest BCUT2D eigenvalue weighted by atomic mass is 10.2. The molecule has 1 aromatic carbocycles. The van der Waals surface area contributed by atoms with Crippen molar-refractivity contribution in [2.75, 3.05) is 0 Å². The number of nitrogens with one attached hydrogen (secondary N) is 1. The number of H-pyrrole nitrogens is 1. The number of rotatable bonds is 1. The highest BCUT2D eigenvalue weighted by Crippen LogP contribution is 2.28. The van der Waals surface area contributed by atoms with E-state index in [0.717, 1.165) is 4.47 Å². The van der Waals surface area contributed by atoms with Crippen molar-refractivity contribution in [2.24, 2.45) is 0 Å². The molecular formula is C11H8BrClN2O2. The van der Waals surface area contributed by atoms with Crippen LogP contribution in [0.5, 0.6) is 5.88 Å². The number of aromatic hydroxyl groups is 1. The first kappa shape index (κ1) is 12.1. The largest absolute Gasteiger partial charge is 0.493 e. The van der Waals surface area contributed by atoms with Gasteiger partial charge in [-0.05, 0) is 25.1 Å². The van der Waals surface area contributed by atoms with Crippen molar-refractivity contribution in [1.29, 1.82) is 0 Å². The number of aromatic amines is 1. The summed E-state index contributed by atoms with van der Waals surface area (Å²) in [6, 6.07) is 5.17. The van der Waals surface area contributed by atoms with Gasteiger partial charge in [-0.25, -0.2) is 0 Å². The van der Waals surface area contributed by atoms with Gasteiger partial charge in [0.25, 0.3) is 5.56 Å². The topological polar surface area (TPSA) is 66.0 Å². The van der Waals surface area contributed by atoms with E-state index in [0.29, 0.717) is 10.6 Å². The molecule has 0 aliphatic heterocycles. The van der Waals surface area contributed by atoms with Crippen LogP contribution in [-0.2, 0) is 0 Å². The molecule has 0 aliphatic rings. The van der Waals surface area contributed by atoms with Crippen molar-refractivity contribution in [3.8, 4) is 17.3 Å². The van der Waals surface area contributed by atoms with Crippen molar-refractivity contribution in [3.05, 3.63) is 43.6 Å². The Morgan fingerprint density at radius 2 is 2.18 bits per heavy atom. The number of halogens is 2. The van der Waals surface area contributed by atoms with Gasteiger partial charge in [0.1, 0.15) is 5.82 Å². The Balaban J connectivity index is 2.69. The maximum atomic E-state index is 11.5. The van der Waals surface area contributed by atoms with Crippen LogP contribution >= 0.6 is 27.5 Å². The summed E-state index contributed by atoms with van der Waals surface area (Å²) in [5, 5.41) is 9.96. The van der Waals surface area contributed by atoms with Gasteiger partial charge in [0.15, 0.2) is 0 Å². The normalized spacial score (nSPS) is 10.5. The van der Waals surface area contributed by atoms with Crippen molar-refractivity contribution in [1.82, 2.24) is 9.97 Å². The van der Waals surface area contributed by atoms with Crippen molar-refractivity contribution in [3.63, 3.8) is 0 Å². The molecule has 17 heavy (non-hydrogen) atoms. The molecule has 2 aromatic rings. The number of hydrogen-bond acceptors (Lipinski definition) is 3. The van der Waals surface area contributed by atoms with E-state index >= 15 is 0 Å². The highest BCUT2D eigenvalue weighted by atomic mass is 79.9. The Morgan fingerprint density at radius 3 is 2.82 bits per heavy atom. The summed E-state index contributed by atoms with van der Waals surface area (Å²) >= 11 is 9.31. The van der Waals surface area contributed by atoms with Gasteiger partial charge in [0.05, 0.1) is 10.6 Å². The Kier molecular flexibility index (Phi) is 3.22. The zero-order valence-corrected chi connectivity index (χ0v) is 11.1. The van der Waals surface area contributed by atoms with Crippen molar-refractivity contribution >= 4 is 27.5 Å². The predicted octanol–water partition coefficient (Wildman–Crippen LogP) is 2.87. The van der Waals surface area contributed by atoms with Gasteiger partial charge in [0.2, 0.25) is 5.88 Å². The Hall–Kier alpha value is -1.33. The van der Waals surface area contributed by atoms with E-state index in [1.165, 1.54) is 6.92 Å². The van der Waals surface area contributed by atoms with E-state index in [1.54, 1.807) is 18.2 Å². The van der Waals surface area contributed by atoms with Gasteiger partial charge in [-0.3, -0.25) is 4.79 Å². The summed E-state index contributed by atoms with van der Waals surface area (Å²) in [6.07, 6.45) is 0. The van der Waals surface area contributed by atoms with E-state index in [9.17, 15) is 9.90 Å². The fourth-order valence-corrected chi connectivity index (χ4v) is 1.90. The van der Waals surface area contributed by atoms with Gasteiger partial charge in [-0.1, -0.05) is 27.5 Å². The minimum absolute atomic E-state index is 0.180. The zero-order chi connectivity index (χ0) is 12.6. The van der Waals surface area contributed by atoms with Gasteiger partial charge < -0.3 is 10.1 Å².